The molecule has 0 amide bonds. The lowest BCUT2D eigenvalue weighted by atomic mass is 10.0. The second-order valence-corrected chi connectivity index (χ2v) is 6.96. The van der Waals surface area contributed by atoms with Crippen LogP contribution in [0, 0.1) is 0 Å². The molecule has 0 saturated carbocycles. The Kier molecular flexibility index (Phi) is 13.2. The van der Waals surface area contributed by atoms with Crippen LogP contribution in [0.2, 0.25) is 0 Å². The van der Waals surface area contributed by atoms with Crippen LogP contribution >= 0.6 is 0 Å². The third kappa shape index (κ3) is 13.2. The van der Waals surface area contributed by atoms with Gasteiger partial charge < -0.3 is 0 Å². The van der Waals surface area contributed by atoms with E-state index in [1.807, 2.05) is 33.8 Å². The van der Waals surface area contributed by atoms with E-state index in [-0.39, 0.29) is 11.2 Å². The van der Waals surface area contributed by atoms with E-state index in [0.717, 1.165) is 12.8 Å². The summed E-state index contributed by atoms with van der Waals surface area (Å²) in [5, 5.41) is 12.0. The molecular weight excluding hydrogens is 292 g/mol. The Labute approximate surface area is 142 Å². The molecule has 2 N–H and O–H groups in total. The lowest BCUT2D eigenvalue weighted by Gasteiger charge is -2.29. The van der Waals surface area contributed by atoms with Crippen LogP contribution in [0.3, 0.4) is 0 Å². The summed E-state index contributed by atoms with van der Waals surface area (Å²) in [6.45, 7) is 16.7. The standard InChI is InChI=1S/C10H22O2.C9H12.H2O2/c1-7-9(3,4)11-12-10(5,6)8-2;1-8(2)9-6-4-3-5-7-9;1-2/h7-8H2,1-6H3;3-8H,1-2H3;1-2H. The molecule has 0 saturated heterocycles. The second-order valence-electron chi connectivity index (χ2n) is 6.96. The van der Waals surface area contributed by atoms with Crippen LogP contribution < -0.4 is 0 Å². The molecule has 0 spiro atoms. The predicted molar refractivity (Wildman–Crippen MR) is 96.7 cm³/mol. The number of benzene rings is 1. The number of rotatable bonds is 6. The van der Waals surface area contributed by atoms with Gasteiger partial charge in [0.25, 0.3) is 0 Å². The first-order valence-electron chi connectivity index (χ1n) is 8.25. The summed E-state index contributed by atoms with van der Waals surface area (Å²) in [7, 11) is 0. The van der Waals surface area contributed by atoms with E-state index in [4.69, 9.17) is 20.3 Å². The third-order valence-electron chi connectivity index (χ3n) is 3.66. The van der Waals surface area contributed by atoms with Crippen molar-refractivity contribution in [2.45, 2.75) is 85.4 Å². The largest absolute Gasteiger partial charge is 0.255 e. The molecule has 1 rings (SSSR count). The van der Waals surface area contributed by atoms with Gasteiger partial charge in [-0.05, 0) is 52.0 Å². The molecule has 1 aromatic rings. The maximum Gasteiger partial charge on any atom is 0.0977 e. The lowest BCUT2D eigenvalue weighted by molar-refractivity contribution is -0.401. The lowest BCUT2D eigenvalue weighted by Crippen LogP contribution is -2.31. The van der Waals surface area contributed by atoms with Crippen LogP contribution in [-0.2, 0) is 9.78 Å². The monoisotopic (exact) mass is 328 g/mol. The molecule has 23 heavy (non-hydrogen) atoms. The van der Waals surface area contributed by atoms with Crippen molar-refractivity contribution >= 4 is 0 Å². The fourth-order valence-electron chi connectivity index (χ4n) is 1.18. The van der Waals surface area contributed by atoms with Crippen molar-refractivity contribution in [3.05, 3.63) is 35.9 Å². The van der Waals surface area contributed by atoms with Crippen molar-refractivity contribution in [3.63, 3.8) is 0 Å². The minimum atomic E-state index is -0.174. The summed E-state index contributed by atoms with van der Waals surface area (Å²) in [5.41, 5.74) is 1.07. The molecular formula is C19H36O4. The Balaban J connectivity index is 0. The SMILES string of the molecule is CC(C)c1ccccc1.CCC(C)(C)OOC(C)(C)CC.OO. The summed E-state index contributed by atoms with van der Waals surface area (Å²) < 4.78 is 0. The first-order valence-corrected chi connectivity index (χ1v) is 8.25. The summed E-state index contributed by atoms with van der Waals surface area (Å²) >= 11 is 0. The van der Waals surface area contributed by atoms with Crippen molar-refractivity contribution in [2.75, 3.05) is 0 Å². The van der Waals surface area contributed by atoms with Gasteiger partial charge in [-0.2, -0.15) is 0 Å². The molecule has 0 radical (unpaired) electrons. The van der Waals surface area contributed by atoms with E-state index >= 15 is 0 Å². The van der Waals surface area contributed by atoms with E-state index in [1.165, 1.54) is 5.56 Å². The quantitative estimate of drug-likeness (QED) is 0.486. The van der Waals surface area contributed by atoms with E-state index in [2.05, 4.69) is 52.0 Å². The molecule has 0 aliphatic heterocycles. The van der Waals surface area contributed by atoms with Crippen LogP contribution in [-0.4, -0.2) is 21.7 Å². The maximum absolute atomic E-state index is 6.00. The van der Waals surface area contributed by atoms with E-state index in [9.17, 15) is 0 Å². The van der Waals surface area contributed by atoms with Gasteiger partial charge in [-0.1, -0.05) is 58.0 Å². The van der Waals surface area contributed by atoms with Gasteiger partial charge in [0.15, 0.2) is 0 Å². The Morgan fingerprint density at radius 1 is 0.826 bits per heavy atom. The smallest absolute Gasteiger partial charge is 0.0977 e. The molecule has 4 heteroatoms. The van der Waals surface area contributed by atoms with Crippen LogP contribution in [0.25, 0.3) is 0 Å². The number of hydrogen-bond acceptors (Lipinski definition) is 4. The zero-order valence-electron chi connectivity index (χ0n) is 16.1. The van der Waals surface area contributed by atoms with Gasteiger partial charge in [0.05, 0.1) is 11.2 Å². The average molecular weight is 328 g/mol. The summed E-state index contributed by atoms with van der Waals surface area (Å²) in [4.78, 5) is 10.7. The second kappa shape index (κ2) is 12.5. The minimum absolute atomic E-state index is 0.174. The van der Waals surface area contributed by atoms with Crippen molar-refractivity contribution in [2.24, 2.45) is 0 Å². The molecule has 0 fully saturated rings. The molecule has 0 aliphatic rings. The van der Waals surface area contributed by atoms with Crippen LogP contribution in [0.15, 0.2) is 30.3 Å². The molecule has 0 unspecified atom stereocenters. The van der Waals surface area contributed by atoms with Crippen molar-refractivity contribution < 1.29 is 20.3 Å². The molecule has 1 aromatic carbocycles. The van der Waals surface area contributed by atoms with Crippen molar-refractivity contribution in [1.82, 2.24) is 0 Å². The van der Waals surface area contributed by atoms with Gasteiger partial charge in [-0.25, -0.2) is 9.78 Å². The first kappa shape index (κ1) is 24.3. The van der Waals surface area contributed by atoms with E-state index in [1.54, 1.807) is 0 Å². The molecule has 136 valence electrons. The zero-order valence-corrected chi connectivity index (χ0v) is 16.1. The fraction of sp³-hybridized carbons (Fsp3) is 0.684. The molecule has 0 heterocycles. The maximum atomic E-state index is 6.00. The van der Waals surface area contributed by atoms with Crippen molar-refractivity contribution in [3.8, 4) is 0 Å². The molecule has 0 aliphatic carbocycles. The Morgan fingerprint density at radius 2 is 1.17 bits per heavy atom. The Bertz CT molecular complexity index is 356. The topological polar surface area (TPSA) is 58.9 Å². The van der Waals surface area contributed by atoms with Gasteiger partial charge in [-0.3, -0.25) is 10.5 Å². The fourth-order valence-corrected chi connectivity index (χ4v) is 1.18. The van der Waals surface area contributed by atoms with Crippen molar-refractivity contribution in [1.29, 1.82) is 0 Å². The highest BCUT2D eigenvalue weighted by Crippen LogP contribution is 2.21. The highest BCUT2D eigenvalue weighted by Gasteiger charge is 2.23. The zero-order chi connectivity index (χ0) is 18.5. The highest BCUT2D eigenvalue weighted by molar-refractivity contribution is 5.17. The highest BCUT2D eigenvalue weighted by atomic mass is 17.2. The summed E-state index contributed by atoms with van der Waals surface area (Å²) in [6.07, 6.45) is 1.90. The van der Waals surface area contributed by atoms with Gasteiger partial charge in [0.1, 0.15) is 0 Å². The van der Waals surface area contributed by atoms with Gasteiger partial charge in [0.2, 0.25) is 0 Å². The van der Waals surface area contributed by atoms with Crippen LogP contribution in [0.1, 0.15) is 79.7 Å². The minimum Gasteiger partial charge on any atom is -0.255 e. The third-order valence-corrected chi connectivity index (χ3v) is 3.66. The Hall–Kier alpha value is -0.940. The van der Waals surface area contributed by atoms with E-state index in [0.29, 0.717) is 5.92 Å². The predicted octanol–water partition coefficient (Wildman–Crippen LogP) is 6.14. The summed E-state index contributed by atoms with van der Waals surface area (Å²) in [5.74, 6) is 0.659. The normalized spacial score (nSPS) is 11.3. The summed E-state index contributed by atoms with van der Waals surface area (Å²) in [6, 6.07) is 10.5. The van der Waals surface area contributed by atoms with Gasteiger partial charge in [-0.15, -0.1) is 0 Å². The Morgan fingerprint density at radius 3 is 1.39 bits per heavy atom. The van der Waals surface area contributed by atoms with Crippen LogP contribution in [0.5, 0.6) is 0 Å². The first-order chi connectivity index (χ1) is 10.6. The van der Waals surface area contributed by atoms with Crippen LogP contribution in [0.4, 0.5) is 0 Å². The molecule has 4 nitrogen and oxygen atoms in total. The van der Waals surface area contributed by atoms with Gasteiger partial charge in [0, 0.05) is 0 Å². The molecule has 0 atom stereocenters. The van der Waals surface area contributed by atoms with E-state index < -0.39 is 0 Å². The average Bonchev–Trinajstić information content (AvgIpc) is 2.56. The molecule has 0 bridgehead atoms. The molecule has 0 aromatic heterocycles. The van der Waals surface area contributed by atoms with Gasteiger partial charge >= 0.3 is 0 Å². The number of hydrogen-bond donors (Lipinski definition) is 2.